The Morgan fingerprint density at radius 1 is 1.24 bits per heavy atom. The summed E-state index contributed by atoms with van der Waals surface area (Å²) < 4.78 is 27.4. The Kier molecular flexibility index (Phi) is 5.28. The van der Waals surface area contributed by atoms with Gasteiger partial charge in [0.05, 0.1) is 12.6 Å². The SMILES string of the molecule is [N-]=[N+]=NCC(O)CN1CCN(c2nc(F)cc3ccc(F)cc23)CC1. The van der Waals surface area contributed by atoms with Crippen LogP contribution in [0, 0.1) is 11.8 Å². The number of aliphatic hydroxyl groups excluding tert-OH is 1. The Morgan fingerprint density at radius 2 is 2.00 bits per heavy atom. The minimum absolute atomic E-state index is 0.0338. The number of anilines is 1. The summed E-state index contributed by atoms with van der Waals surface area (Å²) in [6.45, 7) is 2.88. The third-order valence-corrected chi connectivity index (χ3v) is 4.24. The van der Waals surface area contributed by atoms with Gasteiger partial charge in [-0.2, -0.15) is 4.39 Å². The third kappa shape index (κ3) is 4.14. The Hall–Kier alpha value is -2.48. The first kappa shape index (κ1) is 17.3. The van der Waals surface area contributed by atoms with Crippen LogP contribution in [0.25, 0.3) is 21.2 Å². The van der Waals surface area contributed by atoms with Gasteiger partial charge in [0.15, 0.2) is 0 Å². The van der Waals surface area contributed by atoms with Gasteiger partial charge in [0.2, 0.25) is 5.95 Å². The number of nitrogens with zero attached hydrogens (tertiary/aromatic N) is 6. The number of fused-ring (bicyclic) bond motifs is 1. The smallest absolute Gasteiger partial charge is 0.215 e. The summed E-state index contributed by atoms with van der Waals surface area (Å²) in [5.41, 5.74) is 8.27. The van der Waals surface area contributed by atoms with Gasteiger partial charge in [-0.05, 0) is 23.1 Å². The first-order valence-electron chi connectivity index (χ1n) is 7.99. The fourth-order valence-electron chi connectivity index (χ4n) is 3.04. The van der Waals surface area contributed by atoms with Gasteiger partial charge in [0.1, 0.15) is 11.6 Å². The number of halogens is 2. The molecule has 0 amide bonds. The van der Waals surface area contributed by atoms with E-state index in [0.29, 0.717) is 49.3 Å². The van der Waals surface area contributed by atoms with Crippen LogP contribution < -0.4 is 4.90 Å². The van der Waals surface area contributed by atoms with E-state index in [-0.39, 0.29) is 12.4 Å². The average molecular weight is 348 g/mol. The second-order valence-electron chi connectivity index (χ2n) is 5.99. The number of rotatable bonds is 5. The van der Waals surface area contributed by atoms with E-state index >= 15 is 0 Å². The van der Waals surface area contributed by atoms with Gasteiger partial charge in [0.25, 0.3) is 0 Å². The fraction of sp³-hybridized carbons (Fsp3) is 0.438. The monoisotopic (exact) mass is 348 g/mol. The highest BCUT2D eigenvalue weighted by molar-refractivity contribution is 5.92. The van der Waals surface area contributed by atoms with Gasteiger partial charge in [0, 0.05) is 49.1 Å². The fourth-order valence-corrected chi connectivity index (χ4v) is 3.04. The lowest BCUT2D eigenvalue weighted by Crippen LogP contribution is -2.49. The molecule has 2 aromatic rings. The third-order valence-electron chi connectivity index (χ3n) is 4.24. The molecule has 0 spiro atoms. The second-order valence-corrected chi connectivity index (χ2v) is 5.99. The van der Waals surface area contributed by atoms with Crippen molar-refractivity contribution in [1.29, 1.82) is 0 Å². The van der Waals surface area contributed by atoms with E-state index in [9.17, 15) is 13.9 Å². The normalized spacial score (nSPS) is 16.7. The molecule has 0 aliphatic carbocycles. The molecule has 1 fully saturated rings. The van der Waals surface area contributed by atoms with Crippen molar-refractivity contribution in [1.82, 2.24) is 9.88 Å². The zero-order valence-corrected chi connectivity index (χ0v) is 13.5. The van der Waals surface area contributed by atoms with Crippen LogP contribution in [0.15, 0.2) is 29.4 Å². The van der Waals surface area contributed by atoms with Crippen LogP contribution in [0.1, 0.15) is 0 Å². The van der Waals surface area contributed by atoms with Crippen molar-refractivity contribution < 1.29 is 13.9 Å². The van der Waals surface area contributed by atoms with E-state index in [1.54, 1.807) is 6.07 Å². The van der Waals surface area contributed by atoms with Crippen molar-refractivity contribution in [3.8, 4) is 0 Å². The number of pyridine rings is 1. The van der Waals surface area contributed by atoms with E-state index < -0.39 is 12.1 Å². The number of β-amino-alcohol motifs (C(OH)–C–C–N with tert-alkyl or cyclic N) is 1. The number of hydrogen-bond acceptors (Lipinski definition) is 5. The van der Waals surface area contributed by atoms with E-state index in [4.69, 9.17) is 5.53 Å². The zero-order chi connectivity index (χ0) is 17.8. The summed E-state index contributed by atoms with van der Waals surface area (Å²) in [5, 5.41) is 14.3. The maximum atomic E-state index is 13.8. The van der Waals surface area contributed by atoms with Gasteiger partial charge in [-0.1, -0.05) is 11.2 Å². The molecule has 7 nitrogen and oxygen atoms in total. The molecule has 1 aliphatic heterocycles. The summed E-state index contributed by atoms with van der Waals surface area (Å²) in [7, 11) is 0. The highest BCUT2D eigenvalue weighted by atomic mass is 19.1. The Bertz CT molecular complexity index is 803. The topological polar surface area (TPSA) is 88.4 Å². The highest BCUT2D eigenvalue weighted by Gasteiger charge is 2.22. The Labute approximate surface area is 143 Å². The predicted molar refractivity (Wildman–Crippen MR) is 90.3 cm³/mol. The maximum Gasteiger partial charge on any atom is 0.215 e. The molecule has 1 atom stereocenters. The molecule has 1 N–H and O–H groups in total. The van der Waals surface area contributed by atoms with E-state index in [1.807, 2.05) is 9.80 Å². The number of aromatic nitrogens is 1. The number of aliphatic hydroxyl groups is 1. The van der Waals surface area contributed by atoms with Gasteiger partial charge in [-0.25, -0.2) is 9.37 Å². The average Bonchev–Trinajstić information content (AvgIpc) is 2.60. The van der Waals surface area contributed by atoms with Crippen LogP contribution in [-0.2, 0) is 0 Å². The zero-order valence-electron chi connectivity index (χ0n) is 13.5. The van der Waals surface area contributed by atoms with Crippen LogP contribution >= 0.6 is 0 Å². The van der Waals surface area contributed by atoms with Crippen LogP contribution in [0.3, 0.4) is 0 Å². The molecule has 1 aromatic heterocycles. The van der Waals surface area contributed by atoms with Crippen LogP contribution in [0.5, 0.6) is 0 Å². The lowest BCUT2D eigenvalue weighted by Gasteiger charge is -2.36. The molecule has 1 saturated heterocycles. The first-order chi connectivity index (χ1) is 12.1. The molecule has 3 rings (SSSR count). The largest absolute Gasteiger partial charge is 0.392 e. The van der Waals surface area contributed by atoms with E-state index in [1.165, 1.54) is 18.2 Å². The van der Waals surface area contributed by atoms with Crippen molar-refractivity contribution >= 4 is 16.6 Å². The molecule has 9 heteroatoms. The predicted octanol–water partition coefficient (Wildman–Crippen LogP) is 2.31. The quantitative estimate of drug-likeness (QED) is 0.389. The molecule has 1 aliphatic rings. The number of benzene rings is 1. The van der Waals surface area contributed by atoms with Gasteiger partial charge < -0.3 is 10.0 Å². The number of azide groups is 1. The molecule has 25 heavy (non-hydrogen) atoms. The molecule has 0 saturated carbocycles. The van der Waals surface area contributed by atoms with Crippen LogP contribution in [0.2, 0.25) is 0 Å². The summed E-state index contributed by atoms with van der Waals surface area (Å²) >= 11 is 0. The van der Waals surface area contributed by atoms with E-state index in [0.717, 1.165) is 0 Å². The molecule has 2 heterocycles. The number of piperazine rings is 1. The molecule has 0 radical (unpaired) electrons. The van der Waals surface area contributed by atoms with Crippen molar-refractivity contribution in [3.05, 3.63) is 46.5 Å². The first-order valence-corrected chi connectivity index (χ1v) is 7.99. The summed E-state index contributed by atoms with van der Waals surface area (Å²) in [6.07, 6.45) is -0.718. The molecular formula is C16H18F2N6O. The van der Waals surface area contributed by atoms with E-state index in [2.05, 4.69) is 15.0 Å². The van der Waals surface area contributed by atoms with Gasteiger partial charge in [-0.15, -0.1) is 0 Å². The molecule has 0 bridgehead atoms. The second kappa shape index (κ2) is 7.60. The molecule has 132 valence electrons. The summed E-state index contributed by atoms with van der Waals surface area (Å²) in [6, 6.07) is 5.50. The van der Waals surface area contributed by atoms with Gasteiger partial charge >= 0.3 is 0 Å². The van der Waals surface area contributed by atoms with Crippen molar-refractivity contribution in [2.24, 2.45) is 5.11 Å². The molecular weight excluding hydrogens is 330 g/mol. The molecule has 1 unspecified atom stereocenters. The highest BCUT2D eigenvalue weighted by Crippen LogP contribution is 2.27. The minimum Gasteiger partial charge on any atom is -0.392 e. The molecule has 1 aromatic carbocycles. The van der Waals surface area contributed by atoms with Crippen molar-refractivity contribution in [3.63, 3.8) is 0 Å². The van der Waals surface area contributed by atoms with Crippen molar-refractivity contribution in [2.45, 2.75) is 6.10 Å². The number of hydrogen-bond donors (Lipinski definition) is 1. The Balaban J connectivity index is 1.72. The van der Waals surface area contributed by atoms with Crippen LogP contribution in [-0.4, -0.2) is 60.4 Å². The minimum atomic E-state index is -0.718. The maximum absolute atomic E-state index is 13.8. The lowest BCUT2D eigenvalue weighted by atomic mass is 10.1. The summed E-state index contributed by atoms with van der Waals surface area (Å²) in [4.78, 5) is 10.5. The lowest BCUT2D eigenvalue weighted by molar-refractivity contribution is 0.115. The van der Waals surface area contributed by atoms with Gasteiger partial charge in [-0.3, -0.25) is 4.90 Å². The van der Waals surface area contributed by atoms with Crippen LogP contribution in [0.4, 0.5) is 14.6 Å². The standard InChI is InChI=1S/C16H18F2N6O/c17-12-2-1-11-7-15(18)21-16(14(11)8-12)24-5-3-23(4-6-24)10-13(25)9-20-22-19/h1-2,7-8,13,25H,3-6,9-10H2. The summed E-state index contributed by atoms with van der Waals surface area (Å²) in [5.74, 6) is -0.549. The van der Waals surface area contributed by atoms with Crippen molar-refractivity contribution in [2.75, 3.05) is 44.2 Å². The Morgan fingerprint density at radius 3 is 2.72 bits per heavy atom.